The maximum absolute atomic E-state index is 13.7. The second-order valence-electron chi connectivity index (χ2n) is 8.38. The maximum Gasteiger partial charge on any atom is 0.295 e. The Morgan fingerprint density at radius 3 is 2.52 bits per heavy atom. The van der Waals surface area contributed by atoms with Gasteiger partial charge in [-0.3, -0.25) is 9.59 Å². The van der Waals surface area contributed by atoms with Crippen molar-refractivity contribution in [2.45, 2.75) is 13.0 Å². The highest BCUT2D eigenvalue weighted by Crippen LogP contribution is 2.39. The number of quaternary nitrogens is 1. The smallest absolute Gasteiger partial charge is 0.295 e. The van der Waals surface area contributed by atoms with Crippen LogP contribution in [0.2, 0.25) is 0 Å². The SMILES string of the molecule is Cc1c(C([O-])=C2C(=O)C(=O)N(CC[NH+](C)C)C2c2cccc(Br)c2)cnn1-c1ccccc1. The van der Waals surface area contributed by atoms with E-state index in [0.29, 0.717) is 29.9 Å². The zero-order chi connectivity index (χ0) is 23.7. The van der Waals surface area contributed by atoms with Crippen LogP contribution in [0.15, 0.2) is 70.8 Å². The molecule has 1 fully saturated rings. The van der Waals surface area contributed by atoms with E-state index >= 15 is 0 Å². The molecule has 7 nitrogen and oxygen atoms in total. The highest BCUT2D eigenvalue weighted by atomic mass is 79.9. The number of likely N-dealkylation sites (N-methyl/N-ethyl adjacent to an activating group) is 1. The third kappa shape index (κ3) is 4.36. The van der Waals surface area contributed by atoms with Gasteiger partial charge in [0.15, 0.2) is 0 Å². The second-order valence-corrected chi connectivity index (χ2v) is 9.29. The molecule has 2 heterocycles. The predicted molar refractivity (Wildman–Crippen MR) is 127 cm³/mol. The van der Waals surface area contributed by atoms with Gasteiger partial charge >= 0.3 is 0 Å². The molecule has 2 aromatic carbocycles. The van der Waals surface area contributed by atoms with E-state index in [-0.39, 0.29) is 5.57 Å². The molecule has 8 heteroatoms. The van der Waals surface area contributed by atoms with Crippen LogP contribution in [-0.2, 0) is 9.59 Å². The Bertz CT molecular complexity index is 1230. The lowest BCUT2D eigenvalue weighted by atomic mass is 9.95. The summed E-state index contributed by atoms with van der Waals surface area (Å²) in [5.41, 5.74) is 2.43. The summed E-state index contributed by atoms with van der Waals surface area (Å²) in [5, 5.41) is 18.1. The third-order valence-corrected chi connectivity index (χ3v) is 6.30. The standard InChI is InChI=1S/C25H25BrN4O3/c1-16-20(15-27-30(16)19-10-5-4-6-11-19)23(31)21-22(17-8-7-9-18(26)14-17)29(13-12-28(2)3)25(33)24(21)32/h4-11,14-15,22,31H,12-13H2,1-3H3. The maximum atomic E-state index is 13.7. The average Bonchev–Trinajstić information content (AvgIpc) is 3.30. The van der Waals surface area contributed by atoms with Crippen LogP contribution in [0.4, 0.5) is 0 Å². The van der Waals surface area contributed by atoms with Crippen LogP contribution in [0.3, 0.4) is 0 Å². The average molecular weight is 509 g/mol. The summed E-state index contributed by atoms with van der Waals surface area (Å²) >= 11 is 3.46. The first-order valence-electron chi connectivity index (χ1n) is 10.7. The van der Waals surface area contributed by atoms with Crippen LogP contribution in [-0.4, -0.2) is 53.6 Å². The summed E-state index contributed by atoms with van der Waals surface area (Å²) in [6, 6.07) is 16.1. The molecule has 0 saturated carbocycles. The highest BCUT2D eigenvalue weighted by molar-refractivity contribution is 9.10. The minimum Gasteiger partial charge on any atom is -0.872 e. The zero-order valence-electron chi connectivity index (χ0n) is 18.7. The number of benzene rings is 2. The summed E-state index contributed by atoms with van der Waals surface area (Å²) in [4.78, 5) is 28.8. The fraction of sp³-hybridized carbons (Fsp3) is 0.240. The number of nitrogens with zero attached hydrogens (tertiary/aromatic N) is 3. The predicted octanol–water partition coefficient (Wildman–Crippen LogP) is 1.31. The van der Waals surface area contributed by atoms with Gasteiger partial charge in [-0.1, -0.05) is 52.0 Å². The molecule has 1 aliphatic rings. The molecule has 170 valence electrons. The molecule has 1 aromatic heterocycles. The summed E-state index contributed by atoms with van der Waals surface area (Å²) < 4.78 is 2.47. The van der Waals surface area contributed by atoms with Crippen molar-refractivity contribution in [3.05, 3.63) is 87.7 Å². The first-order valence-corrected chi connectivity index (χ1v) is 11.5. The van der Waals surface area contributed by atoms with Crippen molar-refractivity contribution >= 4 is 33.4 Å². The normalized spacial score (nSPS) is 17.8. The second kappa shape index (κ2) is 9.33. The molecule has 1 atom stereocenters. The van der Waals surface area contributed by atoms with Crippen molar-refractivity contribution in [1.82, 2.24) is 14.7 Å². The van der Waals surface area contributed by atoms with E-state index in [9.17, 15) is 14.7 Å². The molecule has 1 amide bonds. The van der Waals surface area contributed by atoms with Gasteiger partial charge in [0, 0.05) is 21.3 Å². The summed E-state index contributed by atoms with van der Waals surface area (Å²) in [6.07, 6.45) is 1.47. The van der Waals surface area contributed by atoms with Crippen molar-refractivity contribution in [3.8, 4) is 5.69 Å². The fourth-order valence-electron chi connectivity index (χ4n) is 4.08. The number of aromatic nitrogens is 2. The lowest BCUT2D eigenvalue weighted by Crippen LogP contribution is -3.06. The van der Waals surface area contributed by atoms with Gasteiger partial charge < -0.3 is 14.9 Å². The van der Waals surface area contributed by atoms with Crippen LogP contribution >= 0.6 is 15.9 Å². The third-order valence-electron chi connectivity index (χ3n) is 5.80. The highest BCUT2D eigenvalue weighted by Gasteiger charge is 2.44. The van der Waals surface area contributed by atoms with Gasteiger partial charge in [0.2, 0.25) is 5.78 Å². The van der Waals surface area contributed by atoms with Gasteiger partial charge in [0.1, 0.15) is 0 Å². The number of para-hydroxylation sites is 1. The lowest BCUT2D eigenvalue weighted by molar-refractivity contribution is -0.857. The molecule has 0 radical (unpaired) electrons. The van der Waals surface area contributed by atoms with Crippen LogP contribution in [0, 0.1) is 6.92 Å². The van der Waals surface area contributed by atoms with Crippen LogP contribution in [0.25, 0.3) is 11.4 Å². The van der Waals surface area contributed by atoms with E-state index in [1.807, 2.05) is 68.7 Å². The number of carbonyl (C=O) groups excluding carboxylic acids is 2. The number of halogens is 1. The lowest BCUT2D eigenvalue weighted by Gasteiger charge is -2.27. The van der Waals surface area contributed by atoms with Crippen molar-refractivity contribution in [3.63, 3.8) is 0 Å². The number of likely N-dealkylation sites (tertiary alicyclic amines) is 1. The summed E-state index contributed by atoms with van der Waals surface area (Å²) in [7, 11) is 3.96. The molecule has 0 spiro atoms. The molecule has 4 rings (SSSR count). The number of nitrogens with one attached hydrogen (secondary N) is 1. The topological polar surface area (TPSA) is 82.7 Å². The fourth-order valence-corrected chi connectivity index (χ4v) is 4.49. The Kier molecular flexibility index (Phi) is 6.49. The molecular formula is C25H25BrN4O3. The van der Waals surface area contributed by atoms with Crippen molar-refractivity contribution < 1.29 is 19.6 Å². The van der Waals surface area contributed by atoms with E-state index in [4.69, 9.17) is 0 Å². The number of rotatable bonds is 6. The molecule has 1 aliphatic heterocycles. The monoisotopic (exact) mass is 508 g/mol. The van der Waals surface area contributed by atoms with Crippen molar-refractivity contribution in [2.75, 3.05) is 27.2 Å². The number of carbonyl (C=O) groups is 2. The van der Waals surface area contributed by atoms with Crippen LogP contribution < -0.4 is 10.0 Å². The molecule has 1 unspecified atom stereocenters. The Labute approximate surface area is 201 Å². The van der Waals surface area contributed by atoms with E-state index in [1.54, 1.807) is 11.6 Å². The molecule has 0 bridgehead atoms. The van der Waals surface area contributed by atoms with Gasteiger partial charge in [0.25, 0.3) is 5.91 Å². The number of ketones is 1. The molecule has 0 aliphatic carbocycles. The summed E-state index contributed by atoms with van der Waals surface area (Å²) in [6.45, 7) is 2.80. The zero-order valence-corrected chi connectivity index (χ0v) is 20.3. The number of hydrogen-bond acceptors (Lipinski definition) is 4. The van der Waals surface area contributed by atoms with E-state index in [2.05, 4.69) is 21.0 Å². The summed E-state index contributed by atoms with van der Waals surface area (Å²) in [5.74, 6) is -1.85. The molecule has 1 N–H and O–H groups in total. The number of hydrogen-bond donors (Lipinski definition) is 1. The first kappa shape index (κ1) is 22.9. The van der Waals surface area contributed by atoms with Gasteiger partial charge in [-0.25, -0.2) is 4.68 Å². The first-order chi connectivity index (χ1) is 15.8. The van der Waals surface area contributed by atoms with Crippen LogP contribution in [0.5, 0.6) is 0 Å². The Hall–Kier alpha value is -3.23. The quantitative estimate of drug-likeness (QED) is 0.309. The van der Waals surface area contributed by atoms with Gasteiger partial charge in [-0.05, 0) is 36.8 Å². The molecular weight excluding hydrogens is 484 g/mol. The number of Topliss-reactive ketones (excluding diaryl/α,β-unsaturated/α-hetero) is 1. The minimum atomic E-state index is -0.745. The Morgan fingerprint density at radius 1 is 1.12 bits per heavy atom. The van der Waals surface area contributed by atoms with Gasteiger partial charge in [-0.2, -0.15) is 5.10 Å². The van der Waals surface area contributed by atoms with Crippen molar-refractivity contribution in [2.24, 2.45) is 0 Å². The number of amides is 1. The minimum absolute atomic E-state index is 0.0254. The van der Waals surface area contributed by atoms with Gasteiger partial charge in [-0.15, -0.1) is 0 Å². The Morgan fingerprint density at radius 2 is 1.85 bits per heavy atom. The van der Waals surface area contributed by atoms with E-state index in [0.717, 1.165) is 15.1 Å². The van der Waals surface area contributed by atoms with Crippen molar-refractivity contribution in [1.29, 1.82) is 0 Å². The molecule has 1 saturated heterocycles. The molecule has 3 aromatic rings. The molecule has 33 heavy (non-hydrogen) atoms. The Balaban J connectivity index is 1.85. The van der Waals surface area contributed by atoms with E-state index in [1.165, 1.54) is 11.1 Å². The van der Waals surface area contributed by atoms with Crippen LogP contribution in [0.1, 0.15) is 22.9 Å². The van der Waals surface area contributed by atoms with E-state index < -0.39 is 23.5 Å². The largest absolute Gasteiger partial charge is 0.872 e. The van der Waals surface area contributed by atoms with Gasteiger partial charge in [0.05, 0.1) is 45.1 Å².